The smallest absolute Gasteiger partial charge is 0.261 e. The summed E-state index contributed by atoms with van der Waals surface area (Å²) in [7, 11) is 0.844. The largest absolute Gasteiger partial charge is 0.496 e. The van der Waals surface area contributed by atoms with Crippen molar-refractivity contribution in [3.05, 3.63) is 96.6 Å². The van der Waals surface area contributed by atoms with Gasteiger partial charge in [0.2, 0.25) is 0 Å². The van der Waals surface area contributed by atoms with E-state index >= 15 is 0 Å². The zero-order valence-corrected chi connectivity index (χ0v) is 24.6. The van der Waals surface area contributed by atoms with E-state index in [1.54, 1.807) is 14.2 Å². The molecule has 1 atom stereocenters. The van der Waals surface area contributed by atoms with E-state index in [2.05, 4.69) is 107 Å². The minimum Gasteiger partial charge on any atom is -0.496 e. The molecule has 0 saturated heterocycles. The molecule has 0 aromatic heterocycles. The van der Waals surface area contributed by atoms with Crippen molar-refractivity contribution in [2.75, 3.05) is 14.2 Å². The third kappa shape index (κ3) is 6.37. The fourth-order valence-electron chi connectivity index (χ4n) is 5.46. The molecule has 0 N–H and O–H groups in total. The Balaban J connectivity index is 2.08. The lowest BCUT2D eigenvalue weighted by molar-refractivity contribution is 0.284. The van der Waals surface area contributed by atoms with E-state index in [4.69, 9.17) is 13.9 Å². The van der Waals surface area contributed by atoms with Crippen molar-refractivity contribution in [3.63, 3.8) is 0 Å². The van der Waals surface area contributed by atoms with Crippen LogP contribution in [0.5, 0.6) is 11.5 Å². The van der Waals surface area contributed by atoms with E-state index in [-0.39, 0.29) is 5.04 Å². The van der Waals surface area contributed by atoms with Crippen LogP contribution in [0.15, 0.2) is 85.5 Å². The molecule has 0 aliphatic heterocycles. The van der Waals surface area contributed by atoms with E-state index in [0.717, 1.165) is 48.3 Å². The second-order valence-electron chi connectivity index (χ2n) is 10.7. The van der Waals surface area contributed by atoms with Crippen LogP contribution in [0, 0.1) is 0 Å². The van der Waals surface area contributed by atoms with Gasteiger partial charge in [0.1, 0.15) is 11.5 Å². The Morgan fingerprint density at radius 1 is 0.865 bits per heavy atom. The average Bonchev–Trinajstić information content (AvgIpc) is 2.91. The van der Waals surface area contributed by atoms with Gasteiger partial charge in [0.25, 0.3) is 8.32 Å². The van der Waals surface area contributed by atoms with Crippen LogP contribution in [0.25, 0.3) is 0 Å². The summed E-state index contributed by atoms with van der Waals surface area (Å²) in [5.41, 5.74) is 2.19. The molecule has 0 aliphatic rings. The molecule has 3 nitrogen and oxygen atoms in total. The molecule has 0 spiro atoms. The Kier molecular flexibility index (Phi) is 10.2. The van der Waals surface area contributed by atoms with Gasteiger partial charge in [-0.25, -0.2) is 0 Å². The first-order valence-corrected chi connectivity index (χ1v) is 15.3. The zero-order valence-electron chi connectivity index (χ0n) is 23.6. The van der Waals surface area contributed by atoms with Gasteiger partial charge in [0, 0.05) is 5.56 Å². The highest BCUT2D eigenvalue weighted by Gasteiger charge is 2.50. The summed E-state index contributed by atoms with van der Waals surface area (Å²) < 4.78 is 19.1. The molecular weight excluding hydrogens is 472 g/mol. The quantitative estimate of drug-likeness (QED) is 0.173. The summed E-state index contributed by atoms with van der Waals surface area (Å²) in [6, 6.07) is 25.8. The zero-order chi connectivity index (χ0) is 26.9. The highest BCUT2D eigenvalue weighted by Crippen LogP contribution is 2.42. The standard InChI is InChI=1S/C33H44O3Si/c1-8-10-18-27(17-9-2)32-30(34-6)23-26(24-31(32)35-7)25-36-37(33(3,4)5,28-19-13-11-14-20-28)29-21-15-12-16-22-29/h9,11-16,19-24,27H,2,8,10,17-18,25H2,1,3-7H3/t27-/m0/s1. The Hall–Kier alpha value is -2.82. The maximum absolute atomic E-state index is 7.18. The maximum Gasteiger partial charge on any atom is 0.261 e. The Morgan fingerprint density at radius 2 is 1.38 bits per heavy atom. The first kappa shape index (κ1) is 28.7. The Labute approximate surface area is 225 Å². The summed E-state index contributed by atoms with van der Waals surface area (Å²) in [4.78, 5) is 0. The molecule has 3 aromatic rings. The first-order chi connectivity index (χ1) is 17.8. The molecule has 3 rings (SSSR count). The van der Waals surface area contributed by atoms with Crippen molar-refractivity contribution in [1.29, 1.82) is 0 Å². The fourth-order valence-corrected chi connectivity index (χ4v) is 10.0. The van der Waals surface area contributed by atoms with Crippen LogP contribution in [0.3, 0.4) is 0 Å². The molecule has 0 aliphatic carbocycles. The molecule has 0 bridgehead atoms. The van der Waals surface area contributed by atoms with Crippen LogP contribution in [0.4, 0.5) is 0 Å². The molecule has 0 unspecified atom stereocenters. The van der Waals surface area contributed by atoms with Gasteiger partial charge in [-0.15, -0.1) is 6.58 Å². The van der Waals surface area contributed by atoms with Gasteiger partial charge in [-0.1, -0.05) is 107 Å². The predicted octanol–water partition coefficient (Wildman–Crippen LogP) is 7.63. The van der Waals surface area contributed by atoms with Gasteiger partial charge in [-0.2, -0.15) is 0 Å². The van der Waals surface area contributed by atoms with Crippen LogP contribution < -0.4 is 19.8 Å². The SMILES string of the molecule is C=CC[C@@H](CCCC)c1c(OC)cc(CO[Si](c2ccccc2)(c2ccccc2)C(C)(C)C)cc1OC. The van der Waals surface area contributed by atoms with Crippen LogP contribution in [-0.2, 0) is 11.0 Å². The number of hydrogen-bond donors (Lipinski definition) is 0. The third-order valence-electron chi connectivity index (χ3n) is 7.24. The highest BCUT2D eigenvalue weighted by atomic mass is 28.4. The molecule has 0 radical (unpaired) electrons. The van der Waals surface area contributed by atoms with Gasteiger partial charge in [-0.05, 0) is 51.9 Å². The average molecular weight is 517 g/mol. The number of benzene rings is 3. The van der Waals surface area contributed by atoms with Crippen molar-refractivity contribution >= 4 is 18.7 Å². The second-order valence-corrected chi connectivity index (χ2v) is 15.0. The van der Waals surface area contributed by atoms with Crippen LogP contribution in [0.2, 0.25) is 5.04 Å². The van der Waals surface area contributed by atoms with E-state index in [1.165, 1.54) is 10.4 Å². The molecule has 3 aromatic carbocycles. The van der Waals surface area contributed by atoms with Gasteiger partial charge in [0.15, 0.2) is 0 Å². The molecular formula is C33H44O3Si. The topological polar surface area (TPSA) is 27.7 Å². The van der Waals surface area contributed by atoms with E-state index in [0.29, 0.717) is 12.5 Å². The summed E-state index contributed by atoms with van der Waals surface area (Å²) >= 11 is 0. The minimum absolute atomic E-state index is 0.0843. The number of unbranched alkanes of at least 4 members (excludes halogenated alkanes) is 1. The van der Waals surface area contributed by atoms with Crippen molar-refractivity contribution in [2.24, 2.45) is 0 Å². The van der Waals surface area contributed by atoms with E-state index in [1.807, 2.05) is 6.08 Å². The lowest BCUT2D eigenvalue weighted by atomic mass is 9.88. The summed E-state index contributed by atoms with van der Waals surface area (Å²) in [6.07, 6.45) is 6.28. The van der Waals surface area contributed by atoms with Gasteiger partial charge < -0.3 is 13.9 Å². The van der Waals surface area contributed by atoms with E-state index < -0.39 is 8.32 Å². The molecule has 0 amide bonds. The minimum atomic E-state index is -2.65. The summed E-state index contributed by atoms with van der Waals surface area (Å²) in [5.74, 6) is 2.04. The molecule has 0 heterocycles. The molecule has 37 heavy (non-hydrogen) atoms. The number of hydrogen-bond acceptors (Lipinski definition) is 3. The number of methoxy groups -OCH3 is 2. The molecule has 0 saturated carbocycles. The van der Waals surface area contributed by atoms with Crippen molar-refractivity contribution in [1.82, 2.24) is 0 Å². The van der Waals surface area contributed by atoms with Crippen LogP contribution in [-0.4, -0.2) is 22.5 Å². The van der Waals surface area contributed by atoms with Crippen molar-refractivity contribution in [2.45, 2.75) is 70.9 Å². The normalized spacial score (nSPS) is 12.7. The molecule has 4 heteroatoms. The lowest BCUT2D eigenvalue weighted by Gasteiger charge is -2.43. The molecule has 0 fully saturated rings. The highest BCUT2D eigenvalue weighted by molar-refractivity contribution is 6.99. The maximum atomic E-state index is 7.18. The fraction of sp³-hybridized carbons (Fsp3) is 0.394. The number of ether oxygens (including phenoxy) is 2. The first-order valence-electron chi connectivity index (χ1n) is 13.4. The van der Waals surface area contributed by atoms with Gasteiger partial charge in [-0.3, -0.25) is 0 Å². The predicted molar refractivity (Wildman–Crippen MR) is 159 cm³/mol. The van der Waals surface area contributed by atoms with Crippen molar-refractivity contribution < 1.29 is 13.9 Å². The monoisotopic (exact) mass is 516 g/mol. The summed E-state index contributed by atoms with van der Waals surface area (Å²) in [6.45, 7) is 13.6. The van der Waals surface area contributed by atoms with E-state index in [9.17, 15) is 0 Å². The second kappa shape index (κ2) is 13.1. The Bertz CT molecular complexity index is 1050. The van der Waals surface area contributed by atoms with Gasteiger partial charge >= 0.3 is 0 Å². The third-order valence-corrected chi connectivity index (χ3v) is 12.2. The molecule has 198 valence electrons. The van der Waals surface area contributed by atoms with Crippen LogP contribution in [0.1, 0.15) is 70.4 Å². The number of allylic oxidation sites excluding steroid dienone is 1. The van der Waals surface area contributed by atoms with Crippen LogP contribution >= 0.6 is 0 Å². The summed E-state index contributed by atoms with van der Waals surface area (Å²) in [5, 5.41) is 2.46. The Morgan fingerprint density at radius 3 is 1.78 bits per heavy atom. The number of rotatable bonds is 13. The van der Waals surface area contributed by atoms with Crippen molar-refractivity contribution in [3.8, 4) is 11.5 Å². The lowest BCUT2D eigenvalue weighted by Crippen LogP contribution is -2.66. The van der Waals surface area contributed by atoms with Gasteiger partial charge in [0.05, 0.1) is 20.8 Å².